The Morgan fingerprint density at radius 1 is 1.00 bits per heavy atom. The molecule has 1 saturated heterocycles. The van der Waals surface area contributed by atoms with Gasteiger partial charge < -0.3 is 29.7 Å². The summed E-state index contributed by atoms with van der Waals surface area (Å²) in [7, 11) is 0. The van der Waals surface area contributed by atoms with Crippen LogP contribution < -0.4 is 34.1 Å². The molecule has 4 nitrogen and oxygen atoms in total. The van der Waals surface area contributed by atoms with E-state index in [1.165, 1.54) is 67.0 Å². The number of nitrogens with zero attached hydrogens (tertiary/aromatic N) is 2. The lowest BCUT2D eigenvalue weighted by molar-refractivity contribution is -0.887. The maximum absolute atomic E-state index is 3.64. The maximum atomic E-state index is 3.64. The van der Waals surface area contributed by atoms with Crippen molar-refractivity contribution in [3.63, 3.8) is 0 Å². The fraction of sp³-hybridized carbons (Fsp3) is 0.318. The second-order valence-electron chi connectivity index (χ2n) is 7.57. The van der Waals surface area contributed by atoms with E-state index in [2.05, 4.69) is 84.6 Å². The molecule has 7 heteroatoms. The normalized spacial score (nSPS) is 14.2. The molecule has 1 aliphatic heterocycles. The number of aromatic nitrogens is 3. The number of hydrogen-bond acceptors (Lipinski definition) is 0. The molecule has 3 heterocycles. The van der Waals surface area contributed by atoms with Gasteiger partial charge in [0.15, 0.2) is 0 Å². The fourth-order valence-corrected chi connectivity index (χ4v) is 4.67. The molecule has 2 aromatic heterocycles. The highest BCUT2D eigenvalue weighted by Gasteiger charge is 2.23. The molecule has 5 rings (SSSR count). The third-order valence-corrected chi connectivity index (χ3v) is 6.33. The van der Waals surface area contributed by atoms with Gasteiger partial charge in [-0.15, -0.1) is 0 Å². The van der Waals surface area contributed by atoms with E-state index >= 15 is 0 Å². The molecular weight excluding hydrogens is 471 g/mol. The molecule has 2 N–H and O–H groups in total. The van der Waals surface area contributed by atoms with Crippen molar-refractivity contribution in [2.75, 3.05) is 19.6 Å². The number of likely N-dealkylation sites (tertiary alicyclic amines) is 1. The standard InChI is InChI=1S/C22H23BrN4.2ClH/c23-18-10-8-17(9-11-18)21-16-27-20-7-2-1-6-19(20)24-22(27)26(21)15-5-14-25-12-3-4-13-25;;/h1-2,6-11,16H,3-5,12-15H2;2*1H. The number of imidazole rings is 2. The topological polar surface area (TPSA) is 29.3 Å². The predicted molar refractivity (Wildman–Crippen MR) is 112 cm³/mol. The molecule has 1 aliphatic rings. The minimum Gasteiger partial charge on any atom is -1.00 e. The molecule has 0 radical (unpaired) electrons. The molecule has 4 aromatic rings. The van der Waals surface area contributed by atoms with Crippen LogP contribution in [0.5, 0.6) is 0 Å². The summed E-state index contributed by atoms with van der Waals surface area (Å²) >= 11 is 3.55. The summed E-state index contributed by atoms with van der Waals surface area (Å²) in [6.45, 7) is 5.01. The van der Waals surface area contributed by atoms with Crippen LogP contribution in [0.25, 0.3) is 28.1 Å². The summed E-state index contributed by atoms with van der Waals surface area (Å²) < 4.78 is 5.87. The molecule has 0 amide bonds. The predicted octanol–water partition coefficient (Wildman–Crippen LogP) is -2.79. The summed E-state index contributed by atoms with van der Waals surface area (Å²) in [4.78, 5) is 5.41. The highest BCUT2D eigenvalue weighted by atomic mass is 79.9. The number of nitrogens with one attached hydrogen (secondary N) is 2. The van der Waals surface area contributed by atoms with Gasteiger partial charge in [0.1, 0.15) is 22.9 Å². The third kappa shape index (κ3) is 4.33. The number of para-hydroxylation sites is 2. The summed E-state index contributed by atoms with van der Waals surface area (Å²) in [5, 5.41) is 0. The Hall–Kier alpha value is -1.53. The molecule has 0 spiro atoms. The smallest absolute Gasteiger partial charge is 0.368 e. The highest BCUT2D eigenvalue weighted by Crippen LogP contribution is 2.24. The monoisotopic (exact) mass is 494 g/mol. The molecule has 29 heavy (non-hydrogen) atoms. The van der Waals surface area contributed by atoms with Gasteiger partial charge in [-0.3, -0.25) is 0 Å². The average molecular weight is 496 g/mol. The van der Waals surface area contributed by atoms with Gasteiger partial charge in [-0.1, -0.05) is 40.2 Å². The first kappa shape index (κ1) is 22.2. The van der Waals surface area contributed by atoms with Crippen molar-refractivity contribution in [2.45, 2.75) is 25.8 Å². The maximum Gasteiger partial charge on any atom is 0.368 e. The molecule has 0 bridgehead atoms. The van der Waals surface area contributed by atoms with Crippen LogP contribution in [0.1, 0.15) is 19.3 Å². The van der Waals surface area contributed by atoms with Gasteiger partial charge in [0.05, 0.1) is 26.2 Å². The SMILES string of the molecule is Brc1ccc(-c2c[n+]3c4ccccc4[nH]c3n2CCC[NH+]2CCCC2)cc1.[Cl-].[Cl-]. The van der Waals surface area contributed by atoms with Crippen molar-refractivity contribution in [3.8, 4) is 11.3 Å². The first-order valence-corrected chi connectivity index (χ1v) is 10.7. The van der Waals surface area contributed by atoms with Gasteiger partial charge >= 0.3 is 5.78 Å². The van der Waals surface area contributed by atoms with E-state index in [9.17, 15) is 0 Å². The largest absolute Gasteiger partial charge is 1.00 e. The van der Waals surface area contributed by atoms with Crippen LogP contribution in [-0.4, -0.2) is 29.2 Å². The van der Waals surface area contributed by atoms with Gasteiger partial charge in [-0.05, 0) is 24.3 Å². The van der Waals surface area contributed by atoms with Crippen molar-refractivity contribution in [2.24, 2.45) is 0 Å². The lowest BCUT2D eigenvalue weighted by atomic mass is 10.1. The molecule has 0 unspecified atom stereocenters. The first-order chi connectivity index (χ1) is 13.3. The van der Waals surface area contributed by atoms with E-state index in [1.807, 2.05) is 0 Å². The summed E-state index contributed by atoms with van der Waals surface area (Å²) in [6.07, 6.45) is 6.27. The van der Waals surface area contributed by atoms with Crippen LogP contribution in [0.4, 0.5) is 0 Å². The zero-order chi connectivity index (χ0) is 18.2. The Kier molecular flexibility index (Phi) is 7.28. The minimum absolute atomic E-state index is 0. The minimum atomic E-state index is 0. The summed E-state index contributed by atoms with van der Waals surface area (Å²) in [5.74, 6) is 1.17. The van der Waals surface area contributed by atoms with Crippen LogP contribution in [0.3, 0.4) is 0 Å². The van der Waals surface area contributed by atoms with Crippen LogP contribution in [-0.2, 0) is 6.54 Å². The van der Waals surface area contributed by atoms with Crippen molar-refractivity contribution in [3.05, 3.63) is 59.2 Å². The van der Waals surface area contributed by atoms with Crippen molar-refractivity contribution < 1.29 is 34.1 Å². The van der Waals surface area contributed by atoms with E-state index in [0.29, 0.717) is 0 Å². The van der Waals surface area contributed by atoms with E-state index in [0.717, 1.165) is 11.0 Å². The molecule has 2 aromatic carbocycles. The first-order valence-electron chi connectivity index (χ1n) is 9.91. The second-order valence-corrected chi connectivity index (χ2v) is 8.48. The number of fused-ring (bicyclic) bond motifs is 3. The number of hydrogen-bond donors (Lipinski definition) is 2. The number of benzene rings is 2. The van der Waals surface area contributed by atoms with E-state index < -0.39 is 0 Å². The van der Waals surface area contributed by atoms with E-state index in [4.69, 9.17) is 0 Å². The summed E-state index contributed by atoms with van der Waals surface area (Å²) in [6, 6.07) is 17.2. The number of halogens is 3. The third-order valence-electron chi connectivity index (χ3n) is 5.80. The molecule has 1 fully saturated rings. The molecule has 0 aliphatic carbocycles. The Balaban J connectivity index is 0.00000120. The molecule has 0 saturated carbocycles. The van der Waals surface area contributed by atoms with Crippen LogP contribution in [0.15, 0.2) is 59.2 Å². The fourth-order valence-electron chi connectivity index (χ4n) is 4.41. The van der Waals surface area contributed by atoms with Gasteiger partial charge in [0.2, 0.25) is 0 Å². The number of quaternary nitrogens is 1. The molecular formula is C22H25BrCl2N4. The van der Waals surface area contributed by atoms with Crippen molar-refractivity contribution in [1.29, 1.82) is 0 Å². The van der Waals surface area contributed by atoms with Crippen molar-refractivity contribution in [1.82, 2.24) is 9.55 Å². The van der Waals surface area contributed by atoms with Crippen LogP contribution >= 0.6 is 15.9 Å². The highest BCUT2D eigenvalue weighted by molar-refractivity contribution is 9.10. The molecule has 0 atom stereocenters. The number of H-pyrrole nitrogens is 1. The number of rotatable bonds is 5. The van der Waals surface area contributed by atoms with Crippen molar-refractivity contribution >= 4 is 32.7 Å². The average Bonchev–Trinajstić information content (AvgIpc) is 3.39. The zero-order valence-corrected chi connectivity index (χ0v) is 19.3. The lowest BCUT2D eigenvalue weighted by Crippen LogP contribution is -3.10. The van der Waals surface area contributed by atoms with E-state index in [-0.39, 0.29) is 24.8 Å². The Morgan fingerprint density at radius 3 is 2.48 bits per heavy atom. The van der Waals surface area contributed by atoms with Crippen LogP contribution in [0, 0.1) is 0 Å². The quantitative estimate of drug-likeness (QED) is 0.280. The number of aryl methyl sites for hydroxylation is 1. The zero-order valence-electron chi connectivity index (χ0n) is 16.2. The van der Waals surface area contributed by atoms with Gasteiger partial charge in [0, 0.05) is 29.3 Å². The lowest BCUT2D eigenvalue weighted by Gasteiger charge is -2.11. The van der Waals surface area contributed by atoms with E-state index in [1.54, 1.807) is 4.90 Å². The second kappa shape index (κ2) is 9.52. The summed E-state index contributed by atoms with van der Waals surface area (Å²) in [5.41, 5.74) is 4.95. The molecule has 154 valence electrons. The van der Waals surface area contributed by atoms with Gasteiger partial charge in [-0.25, -0.2) is 9.55 Å². The number of aromatic amines is 1. The Bertz CT molecular complexity index is 1080. The Labute approximate surface area is 191 Å². The Morgan fingerprint density at radius 2 is 1.72 bits per heavy atom. The van der Waals surface area contributed by atoms with Gasteiger partial charge in [-0.2, -0.15) is 4.40 Å². The van der Waals surface area contributed by atoms with Crippen LogP contribution in [0.2, 0.25) is 0 Å². The van der Waals surface area contributed by atoms with Gasteiger partial charge in [0.25, 0.3) is 0 Å².